The second kappa shape index (κ2) is 7.07. The van der Waals surface area contributed by atoms with Crippen LogP contribution in [0, 0.1) is 13.8 Å². The molecule has 0 radical (unpaired) electrons. The molecule has 0 spiro atoms. The van der Waals surface area contributed by atoms with Gasteiger partial charge in [0.2, 0.25) is 0 Å². The summed E-state index contributed by atoms with van der Waals surface area (Å²) in [6, 6.07) is 0. The molecule has 2 heterocycles. The lowest BCUT2D eigenvalue weighted by Gasteiger charge is -2.34. The number of piperazine rings is 1. The van der Waals surface area contributed by atoms with E-state index in [9.17, 15) is 4.79 Å². The van der Waals surface area contributed by atoms with Crippen LogP contribution in [0.2, 0.25) is 0 Å². The Bertz CT molecular complexity index is 487. The smallest absolute Gasteiger partial charge is 0.257 e. The Morgan fingerprint density at radius 3 is 2.24 bits per heavy atom. The summed E-state index contributed by atoms with van der Waals surface area (Å²) in [5.74, 6) is 0.156. The van der Waals surface area contributed by atoms with Crippen LogP contribution in [-0.4, -0.2) is 58.2 Å². The van der Waals surface area contributed by atoms with E-state index >= 15 is 0 Å². The molecule has 0 saturated carbocycles. The van der Waals surface area contributed by atoms with Gasteiger partial charge in [-0.15, -0.1) is 0 Å². The molecule has 0 atom stereocenters. The SMILES string of the molecule is CCCN1CCN(C(=O)c2c(C)nn(CCC)c2C)CC1. The Kier molecular flexibility index (Phi) is 5.39. The number of rotatable bonds is 5. The number of hydrogen-bond donors (Lipinski definition) is 0. The quantitative estimate of drug-likeness (QED) is 0.834. The van der Waals surface area contributed by atoms with Gasteiger partial charge in [0.1, 0.15) is 0 Å². The van der Waals surface area contributed by atoms with Crippen LogP contribution >= 0.6 is 0 Å². The molecule has 0 bridgehead atoms. The summed E-state index contributed by atoms with van der Waals surface area (Å²) in [5.41, 5.74) is 2.68. The minimum Gasteiger partial charge on any atom is -0.336 e. The predicted molar refractivity (Wildman–Crippen MR) is 84.6 cm³/mol. The lowest BCUT2D eigenvalue weighted by Crippen LogP contribution is -2.49. The van der Waals surface area contributed by atoms with E-state index in [0.29, 0.717) is 0 Å². The average Bonchev–Trinajstić information content (AvgIpc) is 2.74. The molecule has 118 valence electrons. The van der Waals surface area contributed by atoms with Crippen LogP contribution in [0.25, 0.3) is 0 Å². The minimum atomic E-state index is 0.156. The van der Waals surface area contributed by atoms with Crippen molar-refractivity contribution in [1.82, 2.24) is 19.6 Å². The summed E-state index contributed by atoms with van der Waals surface area (Å²) >= 11 is 0. The number of amides is 1. The summed E-state index contributed by atoms with van der Waals surface area (Å²) in [5, 5.41) is 4.52. The lowest BCUT2D eigenvalue weighted by atomic mass is 10.1. The van der Waals surface area contributed by atoms with Crippen molar-refractivity contribution < 1.29 is 4.79 Å². The first-order valence-corrected chi connectivity index (χ1v) is 8.14. The van der Waals surface area contributed by atoms with Crippen LogP contribution in [0.3, 0.4) is 0 Å². The van der Waals surface area contributed by atoms with Crippen molar-refractivity contribution in [3.05, 3.63) is 17.0 Å². The van der Waals surface area contributed by atoms with Crippen LogP contribution in [0.5, 0.6) is 0 Å². The van der Waals surface area contributed by atoms with Crippen molar-refractivity contribution in [2.45, 2.75) is 47.1 Å². The summed E-state index contributed by atoms with van der Waals surface area (Å²) in [4.78, 5) is 17.2. The van der Waals surface area contributed by atoms with E-state index in [4.69, 9.17) is 0 Å². The zero-order chi connectivity index (χ0) is 15.4. The number of aromatic nitrogens is 2. The molecule has 1 aromatic heterocycles. The first-order chi connectivity index (χ1) is 10.1. The van der Waals surface area contributed by atoms with E-state index in [0.717, 1.165) is 62.6 Å². The Balaban J connectivity index is 2.07. The Hall–Kier alpha value is -1.36. The van der Waals surface area contributed by atoms with E-state index in [1.54, 1.807) is 0 Å². The van der Waals surface area contributed by atoms with Crippen LogP contribution in [0.4, 0.5) is 0 Å². The van der Waals surface area contributed by atoms with Crippen LogP contribution in [0.15, 0.2) is 0 Å². The normalized spacial score (nSPS) is 16.5. The maximum absolute atomic E-state index is 12.8. The van der Waals surface area contributed by atoms with Gasteiger partial charge in [0.15, 0.2) is 0 Å². The molecule has 5 heteroatoms. The van der Waals surface area contributed by atoms with Crippen molar-refractivity contribution in [2.75, 3.05) is 32.7 Å². The number of aryl methyl sites for hydroxylation is 2. The van der Waals surface area contributed by atoms with Gasteiger partial charge in [-0.3, -0.25) is 14.4 Å². The summed E-state index contributed by atoms with van der Waals surface area (Å²) in [6.07, 6.45) is 2.21. The van der Waals surface area contributed by atoms with Gasteiger partial charge in [-0.1, -0.05) is 13.8 Å². The Morgan fingerprint density at radius 2 is 1.67 bits per heavy atom. The third kappa shape index (κ3) is 3.46. The molecule has 0 aromatic carbocycles. The third-order valence-electron chi connectivity index (χ3n) is 4.23. The fourth-order valence-electron chi connectivity index (χ4n) is 3.08. The molecule has 1 fully saturated rings. The van der Waals surface area contributed by atoms with E-state index in [-0.39, 0.29) is 5.91 Å². The molecule has 1 aliphatic rings. The molecule has 1 amide bonds. The van der Waals surface area contributed by atoms with E-state index in [2.05, 4.69) is 23.8 Å². The Morgan fingerprint density at radius 1 is 1.05 bits per heavy atom. The third-order valence-corrected chi connectivity index (χ3v) is 4.23. The predicted octanol–water partition coefficient (Wildman–Crippen LogP) is 2.08. The van der Waals surface area contributed by atoms with E-state index in [1.165, 1.54) is 6.42 Å². The summed E-state index contributed by atoms with van der Waals surface area (Å²) in [6.45, 7) is 13.9. The highest BCUT2D eigenvalue weighted by Gasteiger charge is 2.26. The fourth-order valence-corrected chi connectivity index (χ4v) is 3.08. The first kappa shape index (κ1) is 16.0. The average molecular weight is 292 g/mol. The standard InChI is InChI=1S/C16H28N4O/c1-5-7-18-9-11-19(12-10-18)16(21)15-13(3)17-20(8-6-2)14(15)4/h5-12H2,1-4H3. The highest BCUT2D eigenvalue weighted by molar-refractivity contribution is 5.96. The lowest BCUT2D eigenvalue weighted by molar-refractivity contribution is 0.0636. The highest BCUT2D eigenvalue weighted by atomic mass is 16.2. The maximum atomic E-state index is 12.8. The molecule has 1 saturated heterocycles. The topological polar surface area (TPSA) is 41.4 Å². The monoisotopic (exact) mass is 292 g/mol. The molecule has 21 heavy (non-hydrogen) atoms. The molecule has 0 N–H and O–H groups in total. The van der Waals surface area contributed by atoms with Crippen LogP contribution in [0.1, 0.15) is 48.4 Å². The number of hydrogen-bond acceptors (Lipinski definition) is 3. The highest BCUT2D eigenvalue weighted by Crippen LogP contribution is 2.17. The van der Waals surface area contributed by atoms with Gasteiger partial charge in [0.25, 0.3) is 5.91 Å². The molecular weight excluding hydrogens is 264 g/mol. The van der Waals surface area contributed by atoms with Gasteiger partial charge < -0.3 is 4.90 Å². The second-order valence-corrected chi connectivity index (χ2v) is 5.90. The van der Waals surface area contributed by atoms with Crippen LogP contribution < -0.4 is 0 Å². The summed E-state index contributed by atoms with van der Waals surface area (Å²) < 4.78 is 1.97. The molecule has 2 rings (SSSR count). The second-order valence-electron chi connectivity index (χ2n) is 5.90. The molecular formula is C16H28N4O. The van der Waals surface area contributed by atoms with E-state index in [1.807, 2.05) is 23.4 Å². The molecule has 5 nitrogen and oxygen atoms in total. The number of carbonyl (C=O) groups is 1. The van der Waals surface area contributed by atoms with Gasteiger partial charge in [0.05, 0.1) is 11.3 Å². The van der Waals surface area contributed by atoms with Crippen molar-refractivity contribution in [3.63, 3.8) is 0 Å². The van der Waals surface area contributed by atoms with Crippen molar-refractivity contribution in [1.29, 1.82) is 0 Å². The number of carbonyl (C=O) groups excluding carboxylic acids is 1. The zero-order valence-corrected chi connectivity index (χ0v) is 13.9. The maximum Gasteiger partial charge on any atom is 0.257 e. The Labute approximate surface area is 127 Å². The first-order valence-electron chi connectivity index (χ1n) is 8.14. The number of nitrogens with zero attached hydrogens (tertiary/aromatic N) is 4. The molecule has 0 unspecified atom stereocenters. The molecule has 0 aliphatic carbocycles. The van der Waals surface area contributed by atoms with Gasteiger partial charge in [-0.25, -0.2) is 0 Å². The van der Waals surface area contributed by atoms with Gasteiger partial charge in [-0.2, -0.15) is 5.10 Å². The van der Waals surface area contributed by atoms with Crippen LogP contribution in [-0.2, 0) is 6.54 Å². The molecule has 1 aromatic rings. The van der Waals surface area contributed by atoms with E-state index < -0.39 is 0 Å². The molecule has 1 aliphatic heterocycles. The largest absolute Gasteiger partial charge is 0.336 e. The summed E-state index contributed by atoms with van der Waals surface area (Å²) in [7, 11) is 0. The minimum absolute atomic E-state index is 0.156. The van der Waals surface area contributed by atoms with Crippen molar-refractivity contribution in [2.24, 2.45) is 0 Å². The van der Waals surface area contributed by atoms with Crippen molar-refractivity contribution in [3.8, 4) is 0 Å². The van der Waals surface area contributed by atoms with Crippen molar-refractivity contribution >= 4 is 5.91 Å². The zero-order valence-electron chi connectivity index (χ0n) is 13.9. The van der Waals surface area contributed by atoms with Gasteiger partial charge in [-0.05, 0) is 33.2 Å². The fraction of sp³-hybridized carbons (Fsp3) is 0.750. The van der Waals surface area contributed by atoms with Gasteiger partial charge >= 0.3 is 0 Å². The van der Waals surface area contributed by atoms with Gasteiger partial charge in [0, 0.05) is 38.4 Å².